The predicted octanol–water partition coefficient (Wildman–Crippen LogP) is 1.38. The molecule has 0 radical (unpaired) electrons. The Morgan fingerprint density at radius 3 is 2.74 bits per heavy atom. The van der Waals surface area contributed by atoms with Crippen LogP contribution >= 0.6 is 11.6 Å². The molecule has 1 aromatic rings. The Morgan fingerprint density at radius 1 is 1.53 bits per heavy atom. The summed E-state index contributed by atoms with van der Waals surface area (Å²) in [6.07, 6.45) is 1.41. The first kappa shape index (κ1) is 15.7. The van der Waals surface area contributed by atoms with Gasteiger partial charge in [0.25, 0.3) is 0 Å². The van der Waals surface area contributed by atoms with Crippen molar-refractivity contribution < 1.29 is 13.5 Å². The molecule has 0 amide bonds. The molecule has 0 aliphatic heterocycles. The van der Waals surface area contributed by atoms with Crippen molar-refractivity contribution in [2.24, 2.45) is 0 Å². The molecule has 0 spiro atoms. The van der Waals surface area contributed by atoms with Crippen molar-refractivity contribution in [1.29, 1.82) is 5.26 Å². The molecule has 7 heteroatoms. The summed E-state index contributed by atoms with van der Waals surface area (Å²) in [6.45, 7) is 3.11. The first-order valence-corrected chi connectivity index (χ1v) is 7.20. The van der Waals surface area contributed by atoms with E-state index in [1.807, 2.05) is 6.07 Å². The zero-order valence-corrected chi connectivity index (χ0v) is 11.7. The summed E-state index contributed by atoms with van der Waals surface area (Å²) in [7, 11) is -3.90. The second kappa shape index (κ2) is 6.68. The molecule has 0 atom stereocenters. The highest BCUT2D eigenvalue weighted by Crippen LogP contribution is 2.23. The van der Waals surface area contributed by atoms with Gasteiger partial charge >= 0.3 is 0 Å². The van der Waals surface area contributed by atoms with Crippen molar-refractivity contribution in [1.82, 2.24) is 4.31 Å². The quantitative estimate of drug-likeness (QED) is 0.805. The standard InChI is InChI=1S/C12H13ClN2O3S/c1-2-5-15(6-7-16)19(17,18)12-8-11(13)4-3-10(12)9-14/h2-4,8,16H,1,5-7H2. The van der Waals surface area contributed by atoms with E-state index in [9.17, 15) is 8.42 Å². The summed E-state index contributed by atoms with van der Waals surface area (Å²) in [4.78, 5) is -0.169. The Morgan fingerprint density at radius 2 is 2.21 bits per heavy atom. The number of benzene rings is 1. The number of hydrogen-bond donors (Lipinski definition) is 1. The first-order chi connectivity index (χ1) is 8.97. The molecule has 0 unspecified atom stereocenters. The van der Waals surface area contributed by atoms with Crippen LogP contribution in [0.15, 0.2) is 35.7 Å². The van der Waals surface area contributed by atoms with Gasteiger partial charge < -0.3 is 5.11 Å². The smallest absolute Gasteiger partial charge is 0.244 e. The van der Waals surface area contributed by atoms with Crippen molar-refractivity contribution in [3.05, 3.63) is 41.4 Å². The second-order valence-corrected chi connectivity index (χ2v) is 5.97. The zero-order valence-electron chi connectivity index (χ0n) is 10.1. The average molecular weight is 301 g/mol. The molecule has 0 fully saturated rings. The van der Waals surface area contributed by atoms with Gasteiger partial charge in [0.2, 0.25) is 10.0 Å². The van der Waals surface area contributed by atoms with E-state index < -0.39 is 10.0 Å². The van der Waals surface area contributed by atoms with E-state index in [0.717, 1.165) is 4.31 Å². The largest absolute Gasteiger partial charge is 0.395 e. The van der Waals surface area contributed by atoms with E-state index in [0.29, 0.717) is 0 Å². The number of nitrogens with zero attached hydrogens (tertiary/aromatic N) is 2. The summed E-state index contributed by atoms with van der Waals surface area (Å²) in [5.74, 6) is 0. The highest BCUT2D eigenvalue weighted by Gasteiger charge is 2.26. The fourth-order valence-electron chi connectivity index (χ4n) is 1.51. The Labute approximate surface area is 117 Å². The maximum absolute atomic E-state index is 12.4. The van der Waals surface area contributed by atoms with Gasteiger partial charge in [-0.25, -0.2) is 8.42 Å². The van der Waals surface area contributed by atoms with Gasteiger partial charge in [0, 0.05) is 18.1 Å². The SMILES string of the molecule is C=CCN(CCO)S(=O)(=O)c1cc(Cl)ccc1C#N. The molecular weight excluding hydrogens is 288 g/mol. The fourth-order valence-corrected chi connectivity index (χ4v) is 3.31. The molecule has 0 aromatic heterocycles. The van der Waals surface area contributed by atoms with Crippen LogP contribution < -0.4 is 0 Å². The van der Waals surface area contributed by atoms with Gasteiger partial charge in [-0.3, -0.25) is 0 Å². The van der Waals surface area contributed by atoms with Gasteiger partial charge in [-0.05, 0) is 18.2 Å². The van der Waals surface area contributed by atoms with Crippen LogP contribution in [-0.2, 0) is 10.0 Å². The highest BCUT2D eigenvalue weighted by molar-refractivity contribution is 7.89. The summed E-state index contributed by atoms with van der Waals surface area (Å²) >= 11 is 5.78. The normalized spacial score (nSPS) is 11.3. The summed E-state index contributed by atoms with van der Waals surface area (Å²) in [5, 5.41) is 18.1. The lowest BCUT2D eigenvalue weighted by Crippen LogP contribution is -2.34. The molecule has 19 heavy (non-hydrogen) atoms. The Balaban J connectivity index is 3.36. The lowest BCUT2D eigenvalue weighted by atomic mass is 10.2. The first-order valence-electron chi connectivity index (χ1n) is 5.39. The Kier molecular flexibility index (Phi) is 5.51. The molecule has 1 aromatic carbocycles. The van der Waals surface area contributed by atoms with E-state index in [4.69, 9.17) is 22.0 Å². The van der Waals surface area contributed by atoms with Gasteiger partial charge in [-0.1, -0.05) is 17.7 Å². The molecule has 0 aliphatic rings. The lowest BCUT2D eigenvalue weighted by Gasteiger charge is -2.20. The van der Waals surface area contributed by atoms with Crippen LogP contribution in [0.2, 0.25) is 5.02 Å². The number of halogens is 1. The zero-order chi connectivity index (χ0) is 14.5. The minimum atomic E-state index is -3.90. The molecule has 0 bridgehead atoms. The third kappa shape index (κ3) is 3.55. The van der Waals surface area contributed by atoms with E-state index in [1.165, 1.54) is 24.3 Å². The molecule has 1 rings (SSSR count). The summed E-state index contributed by atoms with van der Waals surface area (Å²) < 4.78 is 25.8. The predicted molar refractivity (Wildman–Crippen MR) is 72.2 cm³/mol. The third-order valence-electron chi connectivity index (χ3n) is 2.36. The monoisotopic (exact) mass is 300 g/mol. The van der Waals surface area contributed by atoms with Gasteiger partial charge in [-0.2, -0.15) is 9.57 Å². The van der Waals surface area contributed by atoms with Crippen molar-refractivity contribution in [3.63, 3.8) is 0 Å². The van der Waals surface area contributed by atoms with E-state index >= 15 is 0 Å². The van der Waals surface area contributed by atoms with E-state index in [2.05, 4.69) is 6.58 Å². The third-order valence-corrected chi connectivity index (χ3v) is 4.50. The number of hydrogen-bond acceptors (Lipinski definition) is 4. The Bertz CT molecular complexity index is 608. The maximum atomic E-state index is 12.4. The van der Waals surface area contributed by atoms with Crippen molar-refractivity contribution in [2.45, 2.75) is 4.90 Å². The minimum absolute atomic E-state index is 0.0106. The molecule has 0 aliphatic carbocycles. The molecule has 0 heterocycles. The highest BCUT2D eigenvalue weighted by atomic mass is 35.5. The molecule has 102 valence electrons. The van der Waals surface area contributed by atoms with Crippen LogP contribution in [-0.4, -0.2) is 37.5 Å². The van der Waals surface area contributed by atoms with Gasteiger partial charge in [-0.15, -0.1) is 6.58 Å². The van der Waals surface area contributed by atoms with Gasteiger partial charge in [0.1, 0.15) is 11.0 Å². The molecule has 5 nitrogen and oxygen atoms in total. The fraction of sp³-hybridized carbons (Fsp3) is 0.250. The molecule has 1 N–H and O–H groups in total. The Hall–Kier alpha value is -1.39. The average Bonchev–Trinajstić information content (AvgIpc) is 2.38. The van der Waals surface area contributed by atoms with Crippen LogP contribution in [0.4, 0.5) is 0 Å². The van der Waals surface area contributed by atoms with Crippen LogP contribution in [0.5, 0.6) is 0 Å². The minimum Gasteiger partial charge on any atom is -0.395 e. The van der Waals surface area contributed by atoms with Crippen LogP contribution in [0.1, 0.15) is 5.56 Å². The summed E-state index contributed by atoms with van der Waals surface area (Å²) in [5.41, 5.74) is 0.0106. The molecular formula is C12H13ClN2O3S. The number of sulfonamides is 1. The number of rotatable bonds is 6. The van der Waals surface area contributed by atoms with Crippen LogP contribution in [0.3, 0.4) is 0 Å². The molecule has 0 saturated carbocycles. The lowest BCUT2D eigenvalue weighted by molar-refractivity contribution is 0.260. The van der Waals surface area contributed by atoms with E-state index in [1.54, 1.807) is 0 Å². The molecule has 0 saturated heterocycles. The maximum Gasteiger partial charge on any atom is 0.244 e. The van der Waals surface area contributed by atoms with Crippen molar-refractivity contribution >= 4 is 21.6 Å². The van der Waals surface area contributed by atoms with Gasteiger partial charge in [0.15, 0.2) is 0 Å². The number of aliphatic hydroxyl groups is 1. The van der Waals surface area contributed by atoms with Crippen LogP contribution in [0, 0.1) is 11.3 Å². The van der Waals surface area contributed by atoms with Gasteiger partial charge in [0.05, 0.1) is 12.2 Å². The van der Waals surface area contributed by atoms with Crippen molar-refractivity contribution in [3.8, 4) is 6.07 Å². The number of nitriles is 1. The van der Waals surface area contributed by atoms with E-state index in [-0.39, 0.29) is 35.2 Å². The summed E-state index contributed by atoms with van der Waals surface area (Å²) in [6, 6.07) is 5.84. The van der Waals surface area contributed by atoms with Crippen LogP contribution in [0.25, 0.3) is 0 Å². The second-order valence-electron chi connectivity index (χ2n) is 3.63. The topological polar surface area (TPSA) is 81.4 Å². The van der Waals surface area contributed by atoms with Crippen molar-refractivity contribution in [2.75, 3.05) is 19.7 Å². The number of aliphatic hydroxyl groups excluding tert-OH is 1.